The van der Waals surface area contributed by atoms with Gasteiger partial charge in [0.2, 0.25) is 0 Å². The fourth-order valence-corrected chi connectivity index (χ4v) is 2.90. The smallest absolute Gasteiger partial charge is 0.162 e. The lowest BCUT2D eigenvalue weighted by Crippen LogP contribution is -2.35. The number of carbonyl (C=O) groups excluding carboxylic acids is 1. The lowest BCUT2D eigenvalue weighted by atomic mass is 9.77. The van der Waals surface area contributed by atoms with E-state index in [1.807, 2.05) is 26.8 Å². The molecule has 0 saturated carbocycles. The minimum Gasteiger partial charge on any atom is -0.385 e. The third-order valence-electron chi connectivity index (χ3n) is 4.07. The largest absolute Gasteiger partial charge is 0.385 e. The summed E-state index contributed by atoms with van der Waals surface area (Å²) in [6.07, 6.45) is 2.92. The molecule has 0 amide bonds. The van der Waals surface area contributed by atoms with Gasteiger partial charge in [-0.3, -0.25) is 4.79 Å². The van der Waals surface area contributed by atoms with Gasteiger partial charge in [-0.2, -0.15) is 0 Å². The second-order valence-electron chi connectivity index (χ2n) is 6.73. The molecule has 19 heavy (non-hydrogen) atoms. The Kier molecular flexibility index (Phi) is 4.10. The molecule has 0 bridgehead atoms. The topological polar surface area (TPSA) is 37.3 Å². The van der Waals surface area contributed by atoms with E-state index < -0.39 is 6.10 Å². The molecule has 2 nitrogen and oxygen atoms in total. The van der Waals surface area contributed by atoms with E-state index in [-0.39, 0.29) is 17.1 Å². The summed E-state index contributed by atoms with van der Waals surface area (Å²) < 4.78 is 0. The van der Waals surface area contributed by atoms with Crippen molar-refractivity contribution in [3.63, 3.8) is 0 Å². The summed E-state index contributed by atoms with van der Waals surface area (Å²) in [6, 6.07) is 8.40. The van der Waals surface area contributed by atoms with Gasteiger partial charge in [-0.05, 0) is 41.7 Å². The number of aliphatic hydroxyl groups excluding tert-OH is 1. The molecule has 2 unspecified atom stereocenters. The van der Waals surface area contributed by atoms with Crippen LogP contribution in [0.5, 0.6) is 0 Å². The molecule has 2 rings (SSSR count). The molecular formula is C17H24O2. The quantitative estimate of drug-likeness (QED) is 0.903. The highest BCUT2D eigenvalue weighted by Crippen LogP contribution is 2.35. The summed E-state index contributed by atoms with van der Waals surface area (Å²) in [5.41, 5.74) is 2.31. The number of benzene rings is 1. The van der Waals surface area contributed by atoms with Crippen LogP contribution in [0, 0.1) is 5.41 Å². The highest BCUT2D eigenvalue weighted by molar-refractivity contribution is 5.84. The number of rotatable bonds is 3. The first-order valence-corrected chi connectivity index (χ1v) is 7.18. The molecule has 1 N–H and O–H groups in total. The summed E-state index contributed by atoms with van der Waals surface area (Å²) in [7, 11) is 0. The van der Waals surface area contributed by atoms with E-state index in [0.717, 1.165) is 19.3 Å². The van der Waals surface area contributed by atoms with Crippen LogP contribution in [0.3, 0.4) is 0 Å². The van der Waals surface area contributed by atoms with Crippen molar-refractivity contribution in [2.24, 2.45) is 5.41 Å². The molecule has 1 aliphatic rings. The summed E-state index contributed by atoms with van der Waals surface area (Å²) in [5.74, 6) is 0.267. The fourth-order valence-electron chi connectivity index (χ4n) is 2.90. The van der Waals surface area contributed by atoms with E-state index in [1.54, 1.807) is 0 Å². The van der Waals surface area contributed by atoms with Crippen LogP contribution in [0.4, 0.5) is 0 Å². The highest BCUT2D eigenvalue weighted by Gasteiger charge is 2.31. The van der Waals surface area contributed by atoms with Crippen LogP contribution in [0.2, 0.25) is 0 Å². The van der Waals surface area contributed by atoms with E-state index >= 15 is 0 Å². The molecule has 1 aromatic carbocycles. The molecule has 1 aromatic rings. The van der Waals surface area contributed by atoms with Gasteiger partial charge >= 0.3 is 0 Å². The van der Waals surface area contributed by atoms with Crippen LogP contribution in [-0.4, -0.2) is 17.0 Å². The molecule has 2 heteroatoms. The maximum absolute atomic E-state index is 12.2. The first-order valence-electron chi connectivity index (χ1n) is 7.18. The SMILES string of the molecule is CC(C)(C)C(O)C(=O)CC1CCCc2ccccc21. The maximum atomic E-state index is 12.2. The molecule has 0 fully saturated rings. The van der Waals surface area contributed by atoms with Gasteiger partial charge in [0.1, 0.15) is 6.10 Å². The van der Waals surface area contributed by atoms with Crippen LogP contribution in [0.1, 0.15) is 57.1 Å². The predicted molar refractivity (Wildman–Crippen MR) is 77.2 cm³/mol. The molecule has 0 aliphatic heterocycles. The second kappa shape index (κ2) is 5.46. The van der Waals surface area contributed by atoms with E-state index in [0.29, 0.717) is 6.42 Å². The van der Waals surface area contributed by atoms with Crippen molar-refractivity contribution in [3.8, 4) is 0 Å². The van der Waals surface area contributed by atoms with Gasteiger partial charge in [0.25, 0.3) is 0 Å². The van der Waals surface area contributed by atoms with Crippen molar-refractivity contribution < 1.29 is 9.90 Å². The van der Waals surface area contributed by atoms with Crippen molar-refractivity contribution in [3.05, 3.63) is 35.4 Å². The number of hydrogen-bond acceptors (Lipinski definition) is 2. The Morgan fingerprint density at radius 1 is 1.37 bits per heavy atom. The van der Waals surface area contributed by atoms with Gasteiger partial charge < -0.3 is 5.11 Å². The molecule has 104 valence electrons. The average molecular weight is 260 g/mol. The third kappa shape index (κ3) is 3.24. The maximum Gasteiger partial charge on any atom is 0.162 e. The molecule has 0 aromatic heterocycles. The third-order valence-corrected chi connectivity index (χ3v) is 4.07. The van der Waals surface area contributed by atoms with Gasteiger partial charge in [-0.25, -0.2) is 0 Å². The second-order valence-corrected chi connectivity index (χ2v) is 6.73. The average Bonchev–Trinajstić information content (AvgIpc) is 2.37. The number of fused-ring (bicyclic) bond motifs is 1. The predicted octanol–water partition coefficient (Wildman–Crippen LogP) is 3.47. The normalized spacial score (nSPS) is 20.7. The zero-order valence-electron chi connectivity index (χ0n) is 12.1. The van der Waals surface area contributed by atoms with Gasteiger partial charge in [-0.15, -0.1) is 0 Å². The van der Waals surface area contributed by atoms with Crippen molar-refractivity contribution in [1.29, 1.82) is 0 Å². The zero-order chi connectivity index (χ0) is 14.0. The molecule has 0 radical (unpaired) electrons. The number of hydrogen-bond donors (Lipinski definition) is 1. The van der Waals surface area contributed by atoms with Crippen molar-refractivity contribution in [1.82, 2.24) is 0 Å². The number of carbonyl (C=O) groups is 1. The highest BCUT2D eigenvalue weighted by atomic mass is 16.3. The zero-order valence-corrected chi connectivity index (χ0v) is 12.1. The van der Waals surface area contributed by atoms with Crippen molar-refractivity contribution in [2.75, 3.05) is 0 Å². The van der Waals surface area contributed by atoms with Crippen LogP contribution in [0.25, 0.3) is 0 Å². The standard InChI is InChI=1S/C17H24O2/c1-17(2,3)16(19)15(18)11-13-9-6-8-12-7-4-5-10-14(12)13/h4-5,7,10,13,16,19H,6,8-9,11H2,1-3H3. The Bertz CT molecular complexity index is 457. The van der Waals surface area contributed by atoms with Gasteiger partial charge in [-0.1, -0.05) is 45.0 Å². The number of aryl methyl sites for hydroxylation is 1. The molecule has 2 atom stereocenters. The van der Waals surface area contributed by atoms with Gasteiger partial charge in [0.05, 0.1) is 0 Å². The summed E-state index contributed by atoms with van der Waals surface area (Å²) >= 11 is 0. The van der Waals surface area contributed by atoms with Crippen molar-refractivity contribution >= 4 is 5.78 Å². The van der Waals surface area contributed by atoms with Crippen LogP contribution < -0.4 is 0 Å². The van der Waals surface area contributed by atoms with Crippen molar-refractivity contribution in [2.45, 2.75) is 58.5 Å². The van der Waals surface area contributed by atoms with Gasteiger partial charge in [0.15, 0.2) is 5.78 Å². The summed E-state index contributed by atoms with van der Waals surface area (Å²) in [5, 5.41) is 10.1. The van der Waals surface area contributed by atoms with E-state index in [9.17, 15) is 9.90 Å². The Labute approximate surface area is 115 Å². The molecule has 0 spiro atoms. The minimum atomic E-state index is -0.860. The lowest BCUT2D eigenvalue weighted by Gasteiger charge is -2.29. The Morgan fingerprint density at radius 3 is 2.74 bits per heavy atom. The first kappa shape index (κ1) is 14.3. The van der Waals surface area contributed by atoms with E-state index in [4.69, 9.17) is 0 Å². The van der Waals surface area contributed by atoms with Crippen LogP contribution in [0.15, 0.2) is 24.3 Å². The number of ketones is 1. The Morgan fingerprint density at radius 2 is 2.05 bits per heavy atom. The first-order chi connectivity index (χ1) is 8.89. The molecule has 0 saturated heterocycles. The monoisotopic (exact) mass is 260 g/mol. The Hall–Kier alpha value is -1.15. The Balaban J connectivity index is 2.11. The lowest BCUT2D eigenvalue weighted by molar-refractivity contribution is -0.132. The molecular weight excluding hydrogens is 236 g/mol. The fraction of sp³-hybridized carbons (Fsp3) is 0.588. The van der Waals surface area contributed by atoms with Crippen LogP contribution >= 0.6 is 0 Å². The summed E-state index contributed by atoms with van der Waals surface area (Å²) in [6.45, 7) is 5.72. The minimum absolute atomic E-state index is 0.0193. The molecule has 0 heterocycles. The molecule has 1 aliphatic carbocycles. The summed E-state index contributed by atoms with van der Waals surface area (Å²) in [4.78, 5) is 12.2. The number of aliphatic hydroxyl groups is 1. The van der Waals surface area contributed by atoms with Crippen LogP contribution in [-0.2, 0) is 11.2 Å². The number of Topliss-reactive ketones (excluding diaryl/α,β-unsaturated/α-hetero) is 1. The van der Waals surface area contributed by atoms with E-state index in [1.165, 1.54) is 11.1 Å². The van der Waals surface area contributed by atoms with E-state index in [2.05, 4.69) is 18.2 Å². The van der Waals surface area contributed by atoms with Gasteiger partial charge in [0, 0.05) is 6.42 Å².